The van der Waals surface area contributed by atoms with Crippen LogP contribution in [0.1, 0.15) is 206 Å². The molecule has 14 nitrogen and oxygen atoms in total. The zero-order valence-corrected chi connectivity index (χ0v) is 38.1. The van der Waals surface area contributed by atoms with Gasteiger partial charge >= 0.3 is 23.9 Å². The van der Waals surface area contributed by atoms with Crippen LogP contribution in [0.4, 0.5) is 0 Å². The summed E-state index contributed by atoms with van der Waals surface area (Å²) < 4.78 is 32.0. The molecule has 1 rings (SSSR count). The Balaban J connectivity index is 2.37. The molecule has 0 aromatic carbocycles. The highest BCUT2D eigenvalue weighted by molar-refractivity contribution is 5.77. The van der Waals surface area contributed by atoms with Crippen LogP contribution in [-0.2, 0) is 47.6 Å². The van der Waals surface area contributed by atoms with Crippen LogP contribution in [0.5, 0.6) is 0 Å². The van der Waals surface area contributed by atoms with Crippen LogP contribution in [-0.4, -0.2) is 114 Å². The van der Waals surface area contributed by atoms with E-state index in [9.17, 15) is 39.6 Å². The summed E-state index contributed by atoms with van der Waals surface area (Å²) in [6, 6.07) is 0. The third-order valence-electron chi connectivity index (χ3n) is 11.1. The molecule has 0 radical (unpaired) electrons. The van der Waals surface area contributed by atoms with Crippen LogP contribution in [0.2, 0.25) is 0 Å². The molecule has 0 aromatic heterocycles. The van der Waals surface area contributed by atoms with Crippen molar-refractivity contribution in [1.82, 2.24) is 0 Å². The number of esters is 4. The van der Waals surface area contributed by atoms with E-state index in [0.29, 0.717) is 12.8 Å². The van der Waals surface area contributed by atoms with Gasteiger partial charge in [0.2, 0.25) is 6.29 Å². The van der Waals surface area contributed by atoms with Gasteiger partial charge in [-0.3, -0.25) is 19.2 Å². The fraction of sp³-hybridized carbons (Fsp3) is 0.915. The molecule has 0 spiro atoms. The van der Waals surface area contributed by atoms with Crippen molar-refractivity contribution in [3.63, 3.8) is 0 Å². The molecule has 0 saturated carbocycles. The van der Waals surface area contributed by atoms with Gasteiger partial charge in [0, 0.05) is 12.8 Å². The molecular weight excluding hydrogens is 789 g/mol. The van der Waals surface area contributed by atoms with Crippen molar-refractivity contribution in [1.29, 1.82) is 0 Å². The molecule has 1 aliphatic heterocycles. The summed E-state index contributed by atoms with van der Waals surface area (Å²) in [5.74, 6) is -2.38. The molecule has 1 unspecified atom stereocenters. The number of rotatable bonds is 41. The Morgan fingerprint density at radius 2 is 0.902 bits per heavy atom. The number of carbonyl (C=O) groups is 4. The lowest BCUT2D eigenvalue weighted by Gasteiger charge is -2.39. The average molecular weight is 875 g/mol. The minimum absolute atomic E-state index is 0.0408. The smallest absolute Gasteiger partial charge is 0.308 e. The van der Waals surface area contributed by atoms with Crippen LogP contribution in [0, 0.1) is 0 Å². The lowest BCUT2D eigenvalue weighted by atomic mass is 9.99. The minimum atomic E-state index is -1.75. The van der Waals surface area contributed by atoms with Gasteiger partial charge in [0.1, 0.15) is 37.6 Å². The Bertz CT molecular complexity index is 1090. The summed E-state index contributed by atoms with van der Waals surface area (Å²) >= 11 is 0. The number of aliphatic hydroxyl groups is 4. The van der Waals surface area contributed by atoms with Gasteiger partial charge < -0.3 is 48.8 Å². The molecule has 61 heavy (non-hydrogen) atoms. The van der Waals surface area contributed by atoms with E-state index in [1.54, 1.807) is 0 Å². The van der Waals surface area contributed by atoms with Gasteiger partial charge in [-0.15, -0.1) is 0 Å². The molecule has 358 valence electrons. The van der Waals surface area contributed by atoms with Crippen molar-refractivity contribution < 1.29 is 68.0 Å². The van der Waals surface area contributed by atoms with Gasteiger partial charge in [0.25, 0.3) is 0 Å². The highest BCUT2D eigenvalue weighted by Gasteiger charge is 2.45. The highest BCUT2D eigenvalue weighted by Crippen LogP contribution is 2.23. The predicted octanol–water partition coefficient (Wildman–Crippen LogP) is 8.09. The predicted molar refractivity (Wildman–Crippen MR) is 232 cm³/mol. The first-order valence-electron chi connectivity index (χ1n) is 24.2. The van der Waals surface area contributed by atoms with Crippen LogP contribution in [0.15, 0.2) is 0 Å². The lowest BCUT2D eigenvalue weighted by Crippen LogP contribution is -2.59. The van der Waals surface area contributed by atoms with E-state index in [4.69, 9.17) is 28.4 Å². The van der Waals surface area contributed by atoms with Gasteiger partial charge in [0.15, 0.2) is 6.10 Å². The first-order chi connectivity index (χ1) is 29.6. The van der Waals surface area contributed by atoms with E-state index in [0.717, 1.165) is 38.5 Å². The van der Waals surface area contributed by atoms with E-state index in [1.165, 1.54) is 122 Å². The summed E-state index contributed by atoms with van der Waals surface area (Å²) in [6.07, 6.45) is 22.4. The van der Waals surface area contributed by atoms with Crippen molar-refractivity contribution >= 4 is 23.9 Å². The Morgan fingerprint density at radius 3 is 1.38 bits per heavy atom. The Morgan fingerprint density at radius 1 is 0.475 bits per heavy atom. The quantitative estimate of drug-likeness (QED) is 0.0261. The molecule has 1 fully saturated rings. The molecule has 1 aliphatic rings. The maximum Gasteiger partial charge on any atom is 0.308 e. The van der Waals surface area contributed by atoms with Gasteiger partial charge in [-0.05, 0) is 12.8 Å². The van der Waals surface area contributed by atoms with Gasteiger partial charge in [-0.1, -0.05) is 168 Å². The first-order valence-corrected chi connectivity index (χ1v) is 24.2. The molecule has 14 heteroatoms. The van der Waals surface area contributed by atoms with Gasteiger partial charge in [-0.2, -0.15) is 0 Å². The SMILES string of the molecule is CCCCCCCCCCCCCCCC(=O)OCC(COCCOC(=O)CCC(=O)O[C@@H]1O[C@H](CO)[C@H](O)[C@H](O)[C@H]1O)OC(=O)CCCCCCCCCCCCCCC. The highest BCUT2D eigenvalue weighted by atomic mass is 16.7. The lowest BCUT2D eigenvalue weighted by molar-refractivity contribution is -0.292. The minimum Gasteiger partial charge on any atom is -0.463 e. The number of hydrogen-bond acceptors (Lipinski definition) is 14. The van der Waals surface area contributed by atoms with Crippen molar-refractivity contribution in [2.24, 2.45) is 0 Å². The molecule has 0 bridgehead atoms. The third-order valence-corrected chi connectivity index (χ3v) is 11.1. The first kappa shape index (κ1) is 56.7. The summed E-state index contributed by atoms with van der Waals surface area (Å²) in [4.78, 5) is 49.7. The van der Waals surface area contributed by atoms with Crippen molar-refractivity contribution in [3.05, 3.63) is 0 Å². The second kappa shape index (κ2) is 39.2. The molecule has 0 aromatic rings. The van der Waals surface area contributed by atoms with E-state index in [1.807, 2.05) is 0 Å². The van der Waals surface area contributed by atoms with Gasteiger partial charge in [-0.25, -0.2) is 0 Å². The normalized spacial score (nSPS) is 19.3. The summed E-state index contributed by atoms with van der Waals surface area (Å²) in [7, 11) is 0. The van der Waals surface area contributed by atoms with E-state index < -0.39 is 61.8 Å². The molecule has 6 atom stereocenters. The fourth-order valence-electron chi connectivity index (χ4n) is 7.25. The van der Waals surface area contributed by atoms with E-state index in [-0.39, 0.29) is 51.2 Å². The fourth-order valence-corrected chi connectivity index (χ4v) is 7.25. The summed E-state index contributed by atoms with van der Waals surface area (Å²) in [5, 5.41) is 39.0. The topological polar surface area (TPSA) is 205 Å². The number of unbranched alkanes of at least 4 members (excludes halogenated alkanes) is 24. The van der Waals surface area contributed by atoms with Crippen LogP contribution >= 0.6 is 0 Å². The number of ether oxygens (including phenoxy) is 6. The van der Waals surface area contributed by atoms with Gasteiger partial charge in [0.05, 0.1) is 32.7 Å². The second-order valence-corrected chi connectivity index (χ2v) is 16.8. The third kappa shape index (κ3) is 31.2. The van der Waals surface area contributed by atoms with E-state index in [2.05, 4.69) is 13.8 Å². The molecule has 1 heterocycles. The molecular formula is C47H86O14. The van der Waals surface area contributed by atoms with E-state index >= 15 is 0 Å². The van der Waals surface area contributed by atoms with Crippen molar-refractivity contribution in [2.45, 2.75) is 243 Å². The average Bonchev–Trinajstić information content (AvgIpc) is 3.25. The zero-order valence-electron chi connectivity index (χ0n) is 38.1. The molecule has 4 N–H and O–H groups in total. The Labute approximate surface area is 367 Å². The zero-order chi connectivity index (χ0) is 44.8. The maximum atomic E-state index is 12.7. The number of hydrogen-bond donors (Lipinski definition) is 4. The molecule has 0 aliphatic carbocycles. The Hall–Kier alpha value is -2.36. The van der Waals surface area contributed by atoms with Crippen molar-refractivity contribution in [2.75, 3.05) is 33.0 Å². The standard InChI is InChI=1S/C47H86O14/c1-3-5-7-9-11-13-15-17-19-21-23-25-27-29-40(49)58-37-38(59-42(51)30-28-26-24-22-20-18-16-14-12-10-8-6-4-2)36-56-33-34-57-41(50)31-32-43(52)61-47-46(55)45(54)44(53)39(35-48)60-47/h38-39,44-48,53-55H,3-37H2,1-2H3/t38?,39-,44+,45+,46-,47+/m1/s1. The molecule has 0 amide bonds. The summed E-state index contributed by atoms with van der Waals surface area (Å²) in [5.41, 5.74) is 0. The van der Waals surface area contributed by atoms with Crippen LogP contribution in [0.25, 0.3) is 0 Å². The number of aliphatic hydroxyl groups excluding tert-OH is 4. The van der Waals surface area contributed by atoms with Crippen LogP contribution < -0.4 is 0 Å². The molecule has 1 saturated heterocycles. The van der Waals surface area contributed by atoms with Crippen LogP contribution in [0.3, 0.4) is 0 Å². The van der Waals surface area contributed by atoms with Crippen molar-refractivity contribution in [3.8, 4) is 0 Å². The Kier molecular flexibility index (Phi) is 36.5. The summed E-state index contributed by atoms with van der Waals surface area (Å²) in [6.45, 7) is 3.39. The largest absolute Gasteiger partial charge is 0.463 e. The maximum absolute atomic E-state index is 12.7. The second-order valence-electron chi connectivity index (χ2n) is 16.8. The number of carbonyl (C=O) groups excluding carboxylic acids is 4. The monoisotopic (exact) mass is 875 g/mol.